The fraction of sp³-hybridized carbons (Fsp3) is 0.0870. The molecule has 0 amide bonds. The summed E-state index contributed by atoms with van der Waals surface area (Å²) in [5.41, 5.74) is 3.07. The maximum atomic E-state index is 5.46. The second-order valence-corrected chi connectivity index (χ2v) is 6.17. The number of benzene rings is 3. The lowest BCUT2D eigenvalue weighted by Crippen LogP contribution is -1.99. The number of nitrogens with zero attached hydrogens (tertiary/aromatic N) is 3. The van der Waals surface area contributed by atoms with Crippen LogP contribution in [0.3, 0.4) is 0 Å². The second kappa shape index (κ2) is 8.28. The topological polar surface area (TPSA) is 60.6 Å². The summed E-state index contributed by atoms with van der Waals surface area (Å²) in [5.74, 6) is 2.28. The zero-order valence-corrected chi connectivity index (χ0v) is 16.1. The molecule has 1 N–H and O–H groups in total. The van der Waals surface area contributed by atoms with Gasteiger partial charge in [0.05, 0.1) is 25.5 Å². The third kappa shape index (κ3) is 4.09. The largest absolute Gasteiger partial charge is 0.497 e. The lowest BCUT2D eigenvalue weighted by atomic mass is 10.2. The standard InChI is InChI=1S/C23H19N4O2/c1-28-17-12-13-21(29-2)20(14-17)27-23-22(24-15-16-8-4-3-5-9-16)25-18-10-6-7-11-19(18)26-23/h3-14H,1-2H3,(H,26,27)/q+1. The number of methoxy groups -OCH3 is 2. The predicted octanol–water partition coefficient (Wildman–Crippen LogP) is 5.40. The highest BCUT2D eigenvalue weighted by Crippen LogP contribution is 2.34. The number of para-hydroxylation sites is 2. The molecule has 0 atom stereocenters. The van der Waals surface area contributed by atoms with Gasteiger partial charge in [0.1, 0.15) is 17.0 Å². The zero-order chi connectivity index (χ0) is 20.1. The van der Waals surface area contributed by atoms with Crippen molar-refractivity contribution in [1.82, 2.24) is 9.97 Å². The van der Waals surface area contributed by atoms with Gasteiger partial charge in [-0.1, -0.05) is 30.3 Å². The second-order valence-electron chi connectivity index (χ2n) is 6.17. The summed E-state index contributed by atoms with van der Waals surface area (Å²) in [6.07, 6.45) is 0. The van der Waals surface area contributed by atoms with Gasteiger partial charge in [0, 0.05) is 6.07 Å². The van der Waals surface area contributed by atoms with Gasteiger partial charge < -0.3 is 14.8 Å². The first-order valence-corrected chi connectivity index (χ1v) is 9.04. The molecule has 142 valence electrons. The van der Waals surface area contributed by atoms with Crippen molar-refractivity contribution in [3.8, 4) is 17.6 Å². The van der Waals surface area contributed by atoms with E-state index in [9.17, 15) is 0 Å². The van der Waals surface area contributed by atoms with E-state index >= 15 is 0 Å². The van der Waals surface area contributed by atoms with Crippen molar-refractivity contribution >= 4 is 28.4 Å². The molecule has 1 heterocycles. The van der Waals surface area contributed by atoms with E-state index in [1.165, 1.54) is 0 Å². The predicted molar refractivity (Wildman–Crippen MR) is 115 cm³/mol. The van der Waals surface area contributed by atoms with Crippen LogP contribution in [0.2, 0.25) is 0 Å². The molecule has 0 unspecified atom stereocenters. The molecule has 0 radical (unpaired) electrons. The van der Waals surface area contributed by atoms with E-state index in [0.717, 1.165) is 16.6 Å². The average Bonchev–Trinajstić information content (AvgIpc) is 2.78. The minimum atomic E-state index is 0.428. The highest BCUT2D eigenvalue weighted by Gasteiger charge is 2.20. The number of aromatic nitrogens is 2. The van der Waals surface area contributed by atoms with E-state index in [1.807, 2.05) is 72.8 Å². The van der Waals surface area contributed by atoms with E-state index in [0.29, 0.717) is 28.8 Å². The molecular weight excluding hydrogens is 364 g/mol. The zero-order valence-electron chi connectivity index (χ0n) is 16.1. The van der Waals surface area contributed by atoms with Crippen molar-refractivity contribution in [3.05, 3.63) is 83.2 Å². The Hall–Kier alpha value is -4.11. The van der Waals surface area contributed by atoms with Crippen LogP contribution in [0.25, 0.3) is 15.9 Å². The van der Waals surface area contributed by atoms with Crippen LogP contribution in [-0.2, 0) is 0 Å². The molecule has 3 aromatic carbocycles. The van der Waals surface area contributed by atoms with Gasteiger partial charge in [0.15, 0.2) is 6.07 Å². The Kier molecular flexibility index (Phi) is 5.21. The molecule has 0 spiro atoms. The first-order valence-electron chi connectivity index (χ1n) is 9.04. The Labute approximate surface area is 168 Å². The number of anilines is 2. The molecule has 0 saturated heterocycles. The summed E-state index contributed by atoms with van der Waals surface area (Å²) in [5, 5.41) is 3.28. The highest BCUT2D eigenvalue weighted by atomic mass is 16.5. The number of fused-ring (bicyclic) bond motifs is 1. The Morgan fingerprint density at radius 1 is 0.828 bits per heavy atom. The molecule has 29 heavy (non-hydrogen) atoms. The fourth-order valence-electron chi connectivity index (χ4n) is 2.82. The summed E-state index contributed by atoms with van der Waals surface area (Å²) in [6, 6.07) is 25.8. The fourth-order valence-corrected chi connectivity index (χ4v) is 2.82. The molecule has 6 nitrogen and oxygen atoms in total. The SMILES string of the molecule is COc1ccc(OC)c(Nc2nc3ccccc3nc2[N+]#Cc2ccccc2)c1. The average molecular weight is 383 g/mol. The molecule has 0 bridgehead atoms. The number of ether oxygens (including phenoxy) is 2. The van der Waals surface area contributed by atoms with Crippen LogP contribution in [0.15, 0.2) is 72.8 Å². The Balaban J connectivity index is 1.82. The summed E-state index contributed by atoms with van der Waals surface area (Å²) in [7, 11) is 3.23. The van der Waals surface area contributed by atoms with E-state index < -0.39 is 0 Å². The molecule has 6 heteroatoms. The third-order valence-corrected chi connectivity index (χ3v) is 4.28. The van der Waals surface area contributed by atoms with Gasteiger partial charge in [-0.05, 0) is 41.4 Å². The third-order valence-electron chi connectivity index (χ3n) is 4.28. The normalized spacial score (nSPS) is 10.1. The van der Waals surface area contributed by atoms with E-state index in [-0.39, 0.29) is 0 Å². The van der Waals surface area contributed by atoms with Crippen molar-refractivity contribution in [2.45, 2.75) is 0 Å². The van der Waals surface area contributed by atoms with Gasteiger partial charge in [-0.3, -0.25) is 0 Å². The molecule has 0 aliphatic carbocycles. The Morgan fingerprint density at radius 2 is 1.55 bits per heavy atom. The minimum Gasteiger partial charge on any atom is -0.497 e. The molecule has 0 aliphatic heterocycles. The molecular formula is C23H19N4O2+. The van der Waals surface area contributed by atoms with E-state index in [2.05, 4.69) is 21.2 Å². The maximum Gasteiger partial charge on any atom is 0.469 e. The van der Waals surface area contributed by atoms with Gasteiger partial charge in [-0.15, -0.1) is 4.85 Å². The van der Waals surface area contributed by atoms with Crippen molar-refractivity contribution in [3.63, 3.8) is 0 Å². The van der Waals surface area contributed by atoms with Gasteiger partial charge in [0.25, 0.3) is 0 Å². The van der Waals surface area contributed by atoms with Crippen molar-refractivity contribution in [2.24, 2.45) is 0 Å². The van der Waals surface area contributed by atoms with Crippen LogP contribution in [0.1, 0.15) is 5.56 Å². The van der Waals surface area contributed by atoms with Gasteiger partial charge >= 0.3 is 5.82 Å². The van der Waals surface area contributed by atoms with Crippen LogP contribution in [-0.4, -0.2) is 24.2 Å². The van der Waals surface area contributed by atoms with Crippen molar-refractivity contribution in [1.29, 1.82) is 0 Å². The molecule has 4 aromatic rings. The monoisotopic (exact) mass is 383 g/mol. The van der Waals surface area contributed by atoms with E-state index in [4.69, 9.17) is 14.5 Å². The van der Waals surface area contributed by atoms with Gasteiger partial charge in [-0.25, -0.2) is 4.98 Å². The first-order chi connectivity index (χ1) is 14.3. The Morgan fingerprint density at radius 3 is 2.28 bits per heavy atom. The van der Waals surface area contributed by atoms with Crippen LogP contribution >= 0.6 is 0 Å². The lowest BCUT2D eigenvalue weighted by Gasteiger charge is -2.11. The number of nitrogens with one attached hydrogen (secondary N) is 1. The number of hydrogen-bond acceptors (Lipinski definition) is 5. The van der Waals surface area contributed by atoms with Crippen LogP contribution < -0.4 is 14.8 Å². The first kappa shape index (κ1) is 18.3. The smallest absolute Gasteiger partial charge is 0.469 e. The number of rotatable bonds is 4. The summed E-state index contributed by atoms with van der Waals surface area (Å²) < 4.78 is 10.8. The maximum absolute atomic E-state index is 5.46. The summed E-state index contributed by atoms with van der Waals surface area (Å²) in [6.45, 7) is 0. The molecule has 0 aliphatic rings. The van der Waals surface area contributed by atoms with Crippen molar-refractivity contribution in [2.75, 3.05) is 19.5 Å². The summed E-state index contributed by atoms with van der Waals surface area (Å²) >= 11 is 0. The molecule has 0 fully saturated rings. The van der Waals surface area contributed by atoms with E-state index in [1.54, 1.807) is 14.2 Å². The van der Waals surface area contributed by atoms with Gasteiger partial charge in [-0.2, -0.15) is 0 Å². The lowest BCUT2D eigenvalue weighted by molar-refractivity contribution is 0.405. The molecule has 0 saturated carbocycles. The van der Waals surface area contributed by atoms with Crippen LogP contribution in [0.4, 0.5) is 17.3 Å². The van der Waals surface area contributed by atoms with Crippen molar-refractivity contribution < 1.29 is 9.47 Å². The quantitative estimate of drug-likeness (QED) is 0.511. The Bertz CT molecular complexity index is 1210. The number of hydrogen-bond donors (Lipinski definition) is 1. The van der Waals surface area contributed by atoms with Crippen LogP contribution in [0.5, 0.6) is 11.5 Å². The molecule has 1 aromatic heterocycles. The summed E-state index contributed by atoms with van der Waals surface area (Å²) in [4.78, 5) is 13.8. The minimum absolute atomic E-state index is 0.428. The van der Waals surface area contributed by atoms with Crippen LogP contribution in [0, 0.1) is 6.07 Å². The molecule has 4 rings (SSSR count). The van der Waals surface area contributed by atoms with Gasteiger partial charge in [0.2, 0.25) is 11.3 Å². The highest BCUT2D eigenvalue weighted by molar-refractivity contribution is 5.83.